The molecule has 1 aliphatic heterocycles. The average molecular weight is 300 g/mol. The lowest BCUT2D eigenvalue weighted by Crippen LogP contribution is -2.37. The van der Waals surface area contributed by atoms with Crippen molar-refractivity contribution in [3.8, 4) is 0 Å². The molecule has 20 heavy (non-hydrogen) atoms. The summed E-state index contributed by atoms with van der Waals surface area (Å²) in [7, 11) is -3.28. The van der Waals surface area contributed by atoms with E-state index in [0.717, 1.165) is 5.56 Å². The highest BCUT2D eigenvalue weighted by molar-refractivity contribution is 7.91. The van der Waals surface area contributed by atoms with Crippen molar-refractivity contribution in [3.05, 3.63) is 35.4 Å². The molecule has 0 amide bonds. The third-order valence-corrected chi connectivity index (χ3v) is 5.10. The van der Waals surface area contributed by atoms with Crippen LogP contribution >= 0.6 is 0 Å². The zero-order chi connectivity index (χ0) is 14.8. The average Bonchev–Trinajstić information content (AvgIpc) is 2.83. The van der Waals surface area contributed by atoms with E-state index in [0.29, 0.717) is 5.56 Å². The molecular formula is C14H20O5S. The van der Waals surface area contributed by atoms with Gasteiger partial charge in [-0.3, -0.25) is 0 Å². The number of sulfone groups is 1. The molecule has 0 bridgehead atoms. The summed E-state index contributed by atoms with van der Waals surface area (Å²) in [5.41, 5.74) is 1.73. The highest BCUT2D eigenvalue weighted by Crippen LogP contribution is 2.36. The van der Waals surface area contributed by atoms with E-state index in [9.17, 15) is 13.5 Å². The van der Waals surface area contributed by atoms with E-state index in [-0.39, 0.29) is 24.7 Å². The Hall–Kier alpha value is -0.950. The molecule has 0 unspecified atom stereocenters. The van der Waals surface area contributed by atoms with Crippen LogP contribution in [0.3, 0.4) is 0 Å². The summed E-state index contributed by atoms with van der Waals surface area (Å²) in [4.78, 5) is 0. The first kappa shape index (κ1) is 15.4. The zero-order valence-corrected chi connectivity index (χ0v) is 12.5. The second-order valence-corrected chi connectivity index (χ2v) is 7.38. The maximum Gasteiger partial charge on any atom is 0.209 e. The predicted molar refractivity (Wildman–Crippen MR) is 75.1 cm³/mol. The van der Waals surface area contributed by atoms with Gasteiger partial charge in [-0.1, -0.05) is 36.8 Å². The SMILES string of the molecule is CCS(=O)(=O)C[C@@]1(c2ccc(C)cc2)OC[C@@H](CO)O1. The van der Waals surface area contributed by atoms with Gasteiger partial charge in [0.15, 0.2) is 9.84 Å². The monoisotopic (exact) mass is 300 g/mol. The maximum absolute atomic E-state index is 12.0. The Balaban J connectivity index is 2.37. The summed E-state index contributed by atoms with van der Waals surface area (Å²) < 4.78 is 35.3. The van der Waals surface area contributed by atoms with Crippen molar-refractivity contribution in [1.29, 1.82) is 0 Å². The molecule has 0 aliphatic carbocycles. The van der Waals surface area contributed by atoms with E-state index in [1.54, 1.807) is 19.1 Å². The predicted octanol–water partition coefficient (Wildman–Crippen LogP) is 0.990. The van der Waals surface area contributed by atoms with E-state index in [1.165, 1.54) is 0 Å². The first-order chi connectivity index (χ1) is 9.41. The van der Waals surface area contributed by atoms with E-state index in [4.69, 9.17) is 9.47 Å². The summed E-state index contributed by atoms with van der Waals surface area (Å²) in [6.45, 7) is 3.53. The fourth-order valence-electron chi connectivity index (χ4n) is 2.16. The van der Waals surface area contributed by atoms with Gasteiger partial charge in [-0.25, -0.2) is 8.42 Å². The number of aryl methyl sites for hydroxylation is 1. The quantitative estimate of drug-likeness (QED) is 0.878. The number of benzene rings is 1. The van der Waals surface area contributed by atoms with Crippen LogP contribution in [0.1, 0.15) is 18.1 Å². The van der Waals surface area contributed by atoms with E-state index in [1.807, 2.05) is 19.1 Å². The lowest BCUT2D eigenvalue weighted by atomic mass is 10.1. The Morgan fingerprint density at radius 3 is 2.50 bits per heavy atom. The van der Waals surface area contributed by atoms with Crippen molar-refractivity contribution in [2.24, 2.45) is 0 Å². The summed E-state index contributed by atoms with van der Waals surface area (Å²) in [6.07, 6.45) is -0.497. The topological polar surface area (TPSA) is 72.8 Å². The van der Waals surface area contributed by atoms with Crippen molar-refractivity contribution in [3.63, 3.8) is 0 Å². The summed E-state index contributed by atoms with van der Waals surface area (Å²) in [5, 5.41) is 9.19. The van der Waals surface area contributed by atoms with Gasteiger partial charge in [0.1, 0.15) is 11.9 Å². The van der Waals surface area contributed by atoms with Crippen LogP contribution in [0.4, 0.5) is 0 Å². The lowest BCUT2D eigenvalue weighted by Gasteiger charge is -2.28. The minimum Gasteiger partial charge on any atom is -0.394 e. The third kappa shape index (κ3) is 3.20. The van der Waals surface area contributed by atoms with Gasteiger partial charge in [0.25, 0.3) is 0 Å². The maximum atomic E-state index is 12.0. The molecule has 5 nitrogen and oxygen atoms in total. The van der Waals surface area contributed by atoms with E-state index in [2.05, 4.69) is 0 Å². The number of aliphatic hydroxyl groups is 1. The number of hydrogen-bond donors (Lipinski definition) is 1. The molecule has 0 spiro atoms. The normalized spacial score (nSPS) is 26.9. The molecule has 0 aromatic heterocycles. The Kier molecular flexibility index (Phi) is 4.49. The molecule has 2 rings (SSSR count). The Bertz CT molecular complexity index is 551. The van der Waals surface area contributed by atoms with Crippen LogP contribution in [-0.2, 0) is 25.1 Å². The van der Waals surface area contributed by atoms with Gasteiger partial charge in [0.05, 0.1) is 13.2 Å². The van der Waals surface area contributed by atoms with Crippen LogP contribution < -0.4 is 0 Å². The second-order valence-electron chi connectivity index (χ2n) is 5.03. The van der Waals surface area contributed by atoms with Crippen molar-refractivity contribution >= 4 is 9.84 Å². The Morgan fingerprint density at radius 1 is 1.35 bits per heavy atom. The van der Waals surface area contributed by atoms with Crippen molar-refractivity contribution in [1.82, 2.24) is 0 Å². The fourth-order valence-corrected chi connectivity index (χ4v) is 3.27. The number of hydrogen-bond acceptors (Lipinski definition) is 5. The van der Waals surface area contributed by atoms with E-state index >= 15 is 0 Å². The minimum absolute atomic E-state index is 0.0249. The first-order valence-electron chi connectivity index (χ1n) is 6.61. The summed E-state index contributed by atoms with van der Waals surface area (Å²) in [6, 6.07) is 7.38. The van der Waals surface area contributed by atoms with Gasteiger partial charge in [0.2, 0.25) is 5.79 Å². The largest absolute Gasteiger partial charge is 0.394 e. The molecule has 0 saturated carbocycles. The van der Waals surface area contributed by atoms with Crippen LogP contribution in [-0.4, -0.2) is 44.3 Å². The van der Waals surface area contributed by atoms with Crippen LogP contribution in [0.5, 0.6) is 0 Å². The Labute approximate surface area is 119 Å². The third-order valence-electron chi connectivity index (χ3n) is 3.40. The van der Waals surface area contributed by atoms with Crippen LogP contribution in [0.25, 0.3) is 0 Å². The highest BCUT2D eigenvalue weighted by atomic mass is 32.2. The molecular weight excluding hydrogens is 280 g/mol. The van der Waals surface area contributed by atoms with Gasteiger partial charge in [-0.2, -0.15) is 0 Å². The second kappa shape index (κ2) is 5.81. The van der Waals surface area contributed by atoms with Crippen LogP contribution in [0, 0.1) is 6.92 Å². The van der Waals surface area contributed by atoms with Gasteiger partial charge in [-0.05, 0) is 6.92 Å². The Morgan fingerprint density at radius 2 is 2.00 bits per heavy atom. The van der Waals surface area contributed by atoms with E-state index < -0.39 is 21.7 Å². The zero-order valence-electron chi connectivity index (χ0n) is 11.7. The van der Waals surface area contributed by atoms with Gasteiger partial charge in [0, 0.05) is 11.3 Å². The van der Waals surface area contributed by atoms with Crippen LogP contribution in [0.2, 0.25) is 0 Å². The van der Waals surface area contributed by atoms with Crippen LogP contribution in [0.15, 0.2) is 24.3 Å². The van der Waals surface area contributed by atoms with Gasteiger partial charge >= 0.3 is 0 Å². The summed E-state index contributed by atoms with van der Waals surface area (Å²) in [5.74, 6) is -1.52. The molecule has 2 atom stereocenters. The molecule has 0 radical (unpaired) electrons. The molecule has 6 heteroatoms. The molecule has 112 valence electrons. The smallest absolute Gasteiger partial charge is 0.209 e. The summed E-state index contributed by atoms with van der Waals surface area (Å²) >= 11 is 0. The molecule has 1 saturated heterocycles. The van der Waals surface area contributed by atoms with Crippen molar-refractivity contribution in [2.75, 3.05) is 24.7 Å². The fraction of sp³-hybridized carbons (Fsp3) is 0.571. The number of rotatable bonds is 5. The highest BCUT2D eigenvalue weighted by Gasteiger charge is 2.46. The molecule has 1 aromatic carbocycles. The molecule has 1 aliphatic rings. The van der Waals surface area contributed by atoms with Crippen molar-refractivity contribution in [2.45, 2.75) is 25.7 Å². The standard InChI is InChI=1S/C14H20O5S/c1-3-20(16,17)10-14(18-9-13(8-15)19-14)12-6-4-11(2)5-7-12/h4-7,13,15H,3,8-10H2,1-2H3/t13-,14-/m1/s1. The van der Waals surface area contributed by atoms with Gasteiger partial charge < -0.3 is 14.6 Å². The number of aliphatic hydroxyl groups excluding tert-OH is 1. The minimum atomic E-state index is -3.28. The molecule has 1 N–H and O–H groups in total. The van der Waals surface area contributed by atoms with Gasteiger partial charge in [-0.15, -0.1) is 0 Å². The molecule has 1 fully saturated rings. The number of ether oxygens (including phenoxy) is 2. The lowest BCUT2D eigenvalue weighted by molar-refractivity contribution is -0.162. The van der Waals surface area contributed by atoms with Crippen molar-refractivity contribution < 1.29 is 23.0 Å². The molecule has 1 aromatic rings. The molecule has 1 heterocycles. The first-order valence-corrected chi connectivity index (χ1v) is 8.43.